The number of unbranched alkanes of at least 4 members (excludes halogenated alkanes) is 10. The van der Waals surface area contributed by atoms with Gasteiger partial charge in [-0.2, -0.15) is 10.2 Å². The highest BCUT2D eigenvalue weighted by Crippen LogP contribution is 2.31. The Balaban J connectivity index is 1.51. The Hall–Kier alpha value is -2.17. The fraction of sp³-hybridized carbons (Fsp3) is 0.591. The van der Waals surface area contributed by atoms with E-state index in [0.29, 0.717) is 18.0 Å². The Morgan fingerprint density at radius 1 is 0.963 bits per heavy atom. The van der Waals surface area contributed by atoms with Crippen molar-refractivity contribution in [1.82, 2.24) is 5.43 Å². The number of nitrogens with zero attached hydrogens (tertiary/aromatic N) is 2. The largest absolute Gasteiger partial charge is 0.505 e. The molecule has 0 aromatic heterocycles. The molecule has 2 N–H and O–H groups in total. The number of allylic oxidation sites excluding steroid dienone is 1. The van der Waals surface area contributed by atoms with Crippen molar-refractivity contribution in [2.45, 2.75) is 77.6 Å². The fourth-order valence-corrected chi connectivity index (χ4v) is 3.16. The molecule has 27 heavy (non-hydrogen) atoms. The number of nitrogens with one attached hydrogen (secondary N) is 1. The quantitative estimate of drug-likeness (QED) is 0.398. The summed E-state index contributed by atoms with van der Waals surface area (Å²) in [4.78, 5) is 0. The molecule has 2 rings (SSSR count). The van der Waals surface area contributed by atoms with Crippen molar-refractivity contribution in [3.8, 4) is 11.5 Å². The number of hydrogen-bond acceptors (Lipinski definition) is 5. The minimum Gasteiger partial charge on any atom is -0.505 e. The molecule has 0 saturated heterocycles. The van der Waals surface area contributed by atoms with Crippen molar-refractivity contribution in [2.75, 3.05) is 11.7 Å². The van der Waals surface area contributed by atoms with E-state index in [0.717, 1.165) is 6.42 Å². The third kappa shape index (κ3) is 8.37. The Morgan fingerprint density at radius 2 is 1.63 bits per heavy atom. The van der Waals surface area contributed by atoms with Crippen LogP contribution in [0.1, 0.15) is 77.6 Å². The van der Waals surface area contributed by atoms with E-state index in [2.05, 4.69) is 17.5 Å². The lowest BCUT2D eigenvalue weighted by Gasteiger charge is -2.21. The molecule has 0 atom stereocenters. The predicted octanol–water partition coefficient (Wildman–Crippen LogP) is 5.91. The lowest BCUT2D eigenvalue weighted by atomic mass is 10.1. The van der Waals surface area contributed by atoms with Crippen LogP contribution in [-0.4, -0.2) is 17.9 Å². The van der Waals surface area contributed by atoms with E-state index in [-0.39, 0.29) is 5.75 Å². The molecule has 0 radical (unpaired) electrons. The van der Waals surface area contributed by atoms with Gasteiger partial charge in [-0.3, -0.25) is 5.43 Å². The molecule has 1 aliphatic rings. The molecule has 0 aliphatic carbocycles. The summed E-state index contributed by atoms with van der Waals surface area (Å²) in [5.74, 6) is 0.839. The maximum Gasteiger partial charge on any atom is 0.146 e. The van der Waals surface area contributed by atoms with E-state index in [1.807, 2.05) is 6.07 Å². The second kappa shape index (κ2) is 13.1. The molecule has 150 valence electrons. The van der Waals surface area contributed by atoms with Crippen LogP contribution in [0.4, 0.5) is 5.69 Å². The number of hydrazine groups is 1. The van der Waals surface area contributed by atoms with Crippen molar-refractivity contribution >= 4 is 11.9 Å². The summed E-state index contributed by atoms with van der Waals surface area (Å²) in [6, 6.07) is 5.31. The molecule has 1 aromatic rings. The summed E-state index contributed by atoms with van der Waals surface area (Å²) in [7, 11) is 0. The van der Waals surface area contributed by atoms with Crippen LogP contribution < -0.4 is 15.3 Å². The van der Waals surface area contributed by atoms with Gasteiger partial charge in [0, 0.05) is 12.3 Å². The molecule has 0 unspecified atom stereocenters. The van der Waals surface area contributed by atoms with E-state index >= 15 is 0 Å². The predicted molar refractivity (Wildman–Crippen MR) is 113 cm³/mol. The zero-order chi connectivity index (χ0) is 19.2. The number of hydrazone groups is 1. The molecule has 0 saturated carbocycles. The van der Waals surface area contributed by atoms with Crippen LogP contribution in [0.3, 0.4) is 0 Å². The van der Waals surface area contributed by atoms with Crippen molar-refractivity contribution in [3.05, 3.63) is 30.5 Å². The van der Waals surface area contributed by atoms with E-state index in [9.17, 15) is 5.11 Å². The van der Waals surface area contributed by atoms with E-state index in [4.69, 9.17) is 4.74 Å². The Labute approximate surface area is 164 Å². The number of anilines is 1. The van der Waals surface area contributed by atoms with Gasteiger partial charge in [0.2, 0.25) is 0 Å². The average Bonchev–Trinajstić information content (AvgIpc) is 2.69. The van der Waals surface area contributed by atoms with Crippen LogP contribution in [0.15, 0.2) is 35.6 Å². The number of aromatic hydroxyl groups is 1. The van der Waals surface area contributed by atoms with Gasteiger partial charge in [0.15, 0.2) is 0 Å². The first kappa shape index (κ1) is 21.1. The number of rotatable bonds is 14. The molecular weight excluding hydrogens is 338 g/mol. The Bertz CT molecular complexity index is 587. The van der Waals surface area contributed by atoms with Crippen molar-refractivity contribution in [2.24, 2.45) is 5.10 Å². The van der Waals surface area contributed by atoms with Gasteiger partial charge in [-0.25, -0.2) is 0 Å². The van der Waals surface area contributed by atoms with E-state index < -0.39 is 0 Å². The average molecular weight is 374 g/mol. The molecule has 0 bridgehead atoms. The van der Waals surface area contributed by atoms with Gasteiger partial charge in [0.25, 0.3) is 0 Å². The van der Waals surface area contributed by atoms with Gasteiger partial charge in [-0.1, -0.05) is 71.1 Å². The van der Waals surface area contributed by atoms with Gasteiger partial charge >= 0.3 is 0 Å². The SMILES string of the molecule is CCCCCCCCCCCCCOc1ccc(N2N=CC=CN2)c(O)c1. The third-order valence-corrected chi connectivity index (χ3v) is 4.75. The van der Waals surface area contributed by atoms with E-state index in [1.165, 1.54) is 69.3 Å². The van der Waals surface area contributed by atoms with E-state index in [1.54, 1.807) is 30.6 Å². The molecule has 1 aliphatic heterocycles. The number of phenolic OH excluding ortho intramolecular Hbond substituents is 1. The van der Waals surface area contributed by atoms with Crippen molar-refractivity contribution < 1.29 is 9.84 Å². The number of hydrogen-bond donors (Lipinski definition) is 2. The number of ether oxygens (including phenoxy) is 1. The van der Waals surface area contributed by atoms with Crippen LogP contribution in [0.25, 0.3) is 0 Å². The minimum atomic E-state index is 0.145. The van der Waals surface area contributed by atoms with Crippen LogP contribution in [0.5, 0.6) is 11.5 Å². The highest BCUT2D eigenvalue weighted by Gasteiger charge is 2.11. The maximum absolute atomic E-state index is 10.2. The molecule has 0 spiro atoms. The van der Waals surface area contributed by atoms with Crippen LogP contribution in [0, 0.1) is 0 Å². The zero-order valence-corrected chi connectivity index (χ0v) is 16.7. The molecule has 5 nitrogen and oxygen atoms in total. The second-order valence-corrected chi connectivity index (χ2v) is 7.10. The lowest BCUT2D eigenvalue weighted by molar-refractivity contribution is 0.302. The summed E-state index contributed by atoms with van der Waals surface area (Å²) >= 11 is 0. The fourth-order valence-electron chi connectivity index (χ4n) is 3.16. The first-order chi connectivity index (χ1) is 13.3. The van der Waals surface area contributed by atoms with Crippen LogP contribution >= 0.6 is 0 Å². The van der Waals surface area contributed by atoms with Gasteiger partial charge < -0.3 is 9.84 Å². The van der Waals surface area contributed by atoms with Crippen molar-refractivity contribution in [3.63, 3.8) is 0 Å². The molecule has 1 aromatic carbocycles. The van der Waals surface area contributed by atoms with Crippen molar-refractivity contribution in [1.29, 1.82) is 0 Å². The summed E-state index contributed by atoms with van der Waals surface area (Å²) in [5.41, 5.74) is 3.54. The van der Waals surface area contributed by atoms with Crippen LogP contribution in [-0.2, 0) is 0 Å². The maximum atomic E-state index is 10.2. The van der Waals surface area contributed by atoms with Crippen LogP contribution in [0.2, 0.25) is 0 Å². The molecular formula is C22H35N3O2. The molecule has 1 heterocycles. The zero-order valence-electron chi connectivity index (χ0n) is 16.7. The Kier molecular flexibility index (Phi) is 10.2. The number of benzene rings is 1. The van der Waals surface area contributed by atoms with Gasteiger partial charge in [-0.05, 0) is 24.6 Å². The molecule has 0 amide bonds. The highest BCUT2D eigenvalue weighted by atomic mass is 16.5. The summed E-state index contributed by atoms with van der Waals surface area (Å²) in [5, 5.41) is 15.8. The first-order valence-corrected chi connectivity index (χ1v) is 10.5. The Morgan fingerprint density at radius 3 is 2.22 bits per heavy atom. The smallest absolute Gasteiger partial charge is 0.146 e. The lowest BCUT2D eigenvalue weighted by Crippen LogP contribution is -2.30. The van der Waals surface area contributed by atoms with Gasteiger partial charge in [-0.15, -0.1) is 0 Å². The molecule has 5 heteroatoms. The summed E-state index contributed by atoms with van der Waals surface area (Å²) in [6.45, 7) is 2.96. The standard InChI is InChI=1S/C22H35N3O2/c1-2-3-4-5-6-7-8-9-10-11-12-18-27-20-14-15-21(22(26)19-20)25-23-16-13-17-24-25/h13-17,19,23,26H,2-12,18H2,1H3. The topological polar surface area (TPSA) is 57.1 Å². The minimum absolute atomic E-state index is 0.145. The van der Waals surface area contributed by atoms with Gasteiger partial charge in [0.05, 0.1) is 12.8 Å². The third-order valence-electron chi connectivity index (χ3n) is 4.75. The first-order valence-electron chi connectivity index (χ1n) is 10.5. The second-order valence-electron chi connectivity index (χ2n) is 7.10. The highest BCUT2D eigenvalue weighted by molar-refractivity contribution is 5.74. The monoisotopic (exact) mass is 373 g/mol. The van der Waals surface area contributed by atoms with Gasteiger partial charge in [0.1, 0.15) is 17.2 Å². The summed E-state index contributed by atoms with van der Waals surface area (Å²) < 4.78 is 5.76. The normalized spacial score (nSPS) is 13.0. The molecule has 0 fully saturated rings. The summed E-state index contributed by atoms with van der Waals surface area (Å²) in [6.07, 6.45) is 19.8. The number of phenols is 1.